The standard InChI is InChI=1S/C40H42Cl2N6O7/c1-54-37-24(19-43-20-25-10-14-34(49)45-25)17-31(41)38(47-37)55-32-12-11-27-26(5-2-6-28(27)32)29-7-3-8-30(35(29)42)36(50)46-33-13-9-23(18-44-33)21-48-16-4-15-40(53,22-48)39(51)52/h2-3,5-9,13,17-18,25,32,43,53H,4,10-12,14-16,19-22H2,1H3,(H,45,49)(H,51,52)(H,44,46,50)/t25-,32-,40+/m0/s1. The van der Waals surface area contributed by atoms with Gasteiger partial charge in [-0.15, -0.1) is 0 Å². The number of amides is 2. The molecule has 0 spiro atoms. The van der Waals surface area contributed by atoms with Gasteiger partial charge in [-0.1, -0.05) is 59.6 Å². The van der Waals surface area contributed by atoms with Crippen molar-refractivity contribution in [2.75, 3.05) is 32.1 Å². The fourth-order valence-electron chi connectivity index (χ4n) is 7.60. The van der Waals surface area contributed by atoms with E-state index in [2.05, 4.69) is 25.9 Å². The lowest BCUT2D eigenvalue weighted by molar-refractivity contribution is -0.164. The fraction of sp³-hybridized carbons (Fsp3) is 0.375. The smallest absolute Gasteiger partial charge is 0.337 e. The Kier molecular flexibility index (Phi) is 11.6. The van der Waals surface area contributed by atoms with Gasteiger partial charge >= 0.3 is 5.97 Å². The van der Waals surface area contributed by atoms with Crippen LogP contribution in [-0.4, -0.2) is 81.3 Å². The molecular weight excluding hydrogens is 747 g/mol. The van der Waals surface area contributed by atoms with Crippen LogP contribution < -0.4 is 25.4 Å². The Labute approximate surface area is 328 Å². The second kappa shape index (κ2) is 16.5. The number of ether oxygens (including phenoxy) is 2. The number of methoxy groups -OCH3 is 1. The first-order valence-electron chi connectivity index (χ1n) is 18.3. The monoisotopic (exact) mass is 788 g/mol. The molecule has 5 N–H and O–H groups in total. The molecule has 2 fully saturated rings. The highest BCUT2D eigenvalue weighted by Crippen LogP contribution is 2.43. The number of benzene rings is 2. The van der Waals surface area contributed by atoms with Crippen molar-refractivity contribution in [3.8, 4) is 22.9 Å². The minimum Gasteiger partial charge on any atom is -0.481 e. The average Bonchev–Trinajstić information content (AvgIpc) is 3.78. The largest absolute Gasteiger partial charge is 0.481 e. The van der Waals surface area contributed by atoms with Crippen molar-refractivity contribution < 1.29 is 34.1 Å². The summed E-state index contributed by atoms with van der Waals surface area (Å²) in [6.07, 6.45) is 4.83. The highest BCUT2D eigenvalue weighted by molar-refractivity contribution is 6.37. The molecule has 2 aliphatic heterocycles. The van der Waals surface area contributed by atoms with Crippen LogP contribution in [0.4, 0.5) is 5.82 Å². The number of fused-ring (bicyclic) bond motifs is 1. The molecule has 7 rings (SSSR count). The van der Waals surface area contributed by atoms with E-state index in [-0.39, 0.29) is 36.9 Å². The van der Waals surface area contributed by atoms with Gasteiger partial charge in [-0.3, -0.25) is 14.5 Å². The maximum absolute atomic E-state index is 13.5. The van der Waals surface area contributed by atoms with Crippen molar-refractivity contribution in [1.29, 1.82) is 0 Å². The molecule has 0 saturated carbocycles. The van der Waals surface area contributed by atoms with E-state index in [1.165, 1.54) is 0 Å². The SMILES string of the molecule is COc1nc(O[C@H]2CCc3c(-c4cccc(C(=O)Nc5ccc(CN6CCC[C@](O)(C(=O)O)C6)cn5)c4Cl)cccc32)c(Cl)cc1CNC[C@@H]1CCC(=O)N1. The Morgan fingerprint density at radius 2 is 1.89 bits per heavy atom. The van der Waals surface area contributed by atoms with Crippen molar-refractivity contribution in [3.63, 3.8) is 0 Å². The summed E-state index contributed by atoms with van der Waals surface area (Å²) in [5, 5.41) is 29.6. The number of aromatic nitrogens is 2. The summed E-state index contributed by atoms with van der Waals surface area (Å²) in [7, 11) is 1.55. The van der Waals surface area contributed by atoms with Crippen LogP contribution in [0.5, 0.6) is 11.8 Å². The van der Waals surface area contributed by atoms with E-state index in [0.717, 1.165) is 34.2 Å². The highest BCUT2D eigenvalue weighted by Gasteiger charge is 2.40. The van der Waals surface area contributed by atoms with Gasteiger partial charge < -0.3 is 35.6 Å². The normalized spacial score (nSPS) is 20.8. The lowest BCUT2D eigenvalue weighted by Gasteiger charge is -2.36. The van der Waals surface area contributed by atoms with E-state index in [0.29, 0.717) is 84.7 Å². The molecule has 0 radical (unpaired) electrons. The van der Waals surface area contributed by atoms with Crippen LogP contribution >= 0.6 is 23.2 Å². The summed E-state index contributed by atoms with van der Waals surface area (Å²) in [5.74, 6) is -0.557. The summed E-state index contributed by atoms with van der Waals surface area (Å²) < 4.78 is 12.0. The van der Waals surface area contributed by atoms with Gasteiger partial charge in [-0.05, 0) is 79.1 Å². The predicted molar refractivity (Wildman–Crippen MR) is 207 cm³/mol. The van der Waals surface area contributed by atoms with Gasteiger partial charge in [0.25, 0.3) is 5.91 Å². The lowest BCUT2D eigenvalue weighted by atomic mass is 9.93. The summed E-state index contributed by atoms with van der Waals surface area (Å²) in [5.41, 5.74) is 3.78. The molecule has 2 aromatic heterocycles. The molecule has 2 aromatic carbocycles. The molecule has 3 aliphatic rings. The minimum atomic E-state index is -1.76. The molecule has 4 aromatic rings. The van der Waals surface area contributed by atoms with E-state index in [9.17, 15) is 24.6 Å². The maximum Gasteiger partial charge on any atom is 0.337 e. The van der Waals surface area contributed by atoms with E-state index in [1.807, 2.05) is 35.2 Å². The topological polar surface area (TPSA) is 175 Å². The number of hydrogen-bond donors (Lipinski definition) is 5. The van der Waals surface area contributed by atoms with Gasteiger partial charge in [0.05, 0.1) is 17.7 Å². The van der Waals surface area contributed by atoms with Gasteiger partial charge in [0.1, 0.15) is 16.9 Å². The molecule has 13 nitrogen and oxygen atoms in total. The number of carboxylic acid groups (broad SMARTS) is 1. The molecular formula is C40H42Cl2N6O7. The number of hydrogen-bond acceptors (Lipinski definition) is 10. The molecule has 4 heterocycles. The van der Waals surface area contributed by atoms with Gasteiger partial charge in [-0.25, -0.2) is 9.78 Å². The molecule has 55 heavy (non-hydrogen) atoms. The maximum atomic E-state index is 13.5. The van der Waals surface area contributed by atoms with E-state index in [1.54, 1.807) is 37.6 Å². The molecule has 15 heteroatoms. The number of piperidine rings is 1. The Balaban J connectivity index is 1.01. The lowest BCUT2D eigenvalue weighted by Crippen LogP contribution is -2.52. The van der Waals surface area contributed by atoms with Crippen LogP contribution in [0.2, 0.25) is 10.0 Å². The number of β-amino-alcohol motifs (C(OH)–C–C–N with tert-alkyl or cyclic N) is 1. The van der Waals surface area contributed by atoms with Crippen LogP contribution in [-0.2, 0) is 29.1 Å². The summed E-state index contributed by atoms with van der Waals surface area (Å²) >= 11 is 13.6. The van der Waals surface area contributed by atoms with Crippen LogP contribution in [0, 0.1) is 0 Å². The zero-order valence-corrected chi connectivity index (χ0v) is 31.8. The van der Waals surface area contributed by atoms with Crippen molar-refractivity contribution in [2.45, 2.75) is 69.4 Å². The molecule has 1 aliphatic carbocycles. The van der Waals surface area contributed by atoms with E-state index in [4.69, 9.17) is 32.7 Å². The van der Waals surface area contributed by atoms with Crippen molar-refractivity contribution in [3.05, 3.63) is 98.7 Å². The third kappa shape index (κ3) is 8.56. The molecule has 2 saturated heterocycles. The van der Waals surface area contributed by atoms with Gasteiger partial charge in [-0.2, -0.15) is 4.98 Å². The highest BCUT2D eigenvalue weighted by atomic mass is 35.5. The second-order valence-corrected chi connectivity index (χ2v) is 15.0. The molecule has 0 unspecified atom stereocenters. The quantitative estimate of drug-likeness (QED) is 0.115. The molecule has 2 amide bonds. The number of likely N-dealkylation sites (tertiary alicyclic amines) is 1. The van der Waals surface area contributed by atoms with Crippen LogP contribution in [0.15, 0.2) is 60.8 Å². The average molecular weight is 790 g/mol. The number of pyridine rings is 2. The number of aliphatic carboxylic acids is 1. The third-order valence-electron chi connectivity index (χ3n) is 10.4. The number of rotatable bonds is 13. The van der Waals surface area contributed by atoms with Crippen LogP contribution in [0.3, 0.4) is 0 Å². The van der Waals surface area contributed by atoms with E-state index >= 15 is 0 Å². The van der Waals surface area contributed by atoms with Crippen molar-refractivity contribution in [1.82, 2.24) is 25.5 Å². The molecule has 3 atom stereocenters. The fourth-order valence-corrected chi connectivity index (χ4v) is 8.13. The van der Waals surface area contributed by atoms with E-state index < -0.39 is 17.5 Å². The Morgan fingerprint density at radius 1 is 1.07 bits per heavy atom. The predicted octanol–water partition coefficient (Wildman–Crippen LogP) is 5.56. The molecule has 0 bridgehead atoms. The first-order valence-corrected chi connectivity index (χ1v) is 19.0. The Bertz CT molecular complexity index is 2100. The summed E-state index contributed by atoms with van der Waals surface area (Å²) in [6, 6.07) is 16.7. The Hall–Kier alpha value is -4.79. The summed E-state index contributed by atoms with van der Waals surface area (Å²) in [6.45, 7) is 2.21. The zero-order chi connectivity index (χ0) is 38.7. The van der Waals surface area contributed by atoms with Crippen molar-refractivity contribution >= 4 is 46.8 Å². The number of carboxylic acids is 1. The second-order valence-electron chi connectivity index (χ2n) is 14.2. The number of nitrogens with one attached hydrogen (secondary N) is 3. The number of aliphatic hydroxyl groups is 1. The zero-order valence-electron chi connectivity index (χ0n) is 30.2. The first kappa shape index (κ1) is 38.5. The first-order chi connectivity index (χ1) is 26.5. The number of halogens is 2. The number of nitrogens with zero attached hydrogens (tertiary/aromatic N) is 3. The summed E-state index contributed by atoms with van der Waals surface area (Å²) in [4.78, 5) is 47.4. The number of carbonyl (C=O) groups is 3. The number of carbonyl (C=O) groups excluding carboxylic acids is 2. The van der Waals surface area contributed by atoms with Crippen LogP contribution in [0.1, 0.15) is 70.8 Å². The molecule has 288 valence electrons. The van der Waals surface area contributed by atoms with Gasteiger partial charge in [0.15, 0.2) is 5.60 Å². The van der Waals surface area contributed by atoms with Crippen LogP contribution in [0.25, 0.3) is 11.1 Å². The van der Waals surface area contributed by atoms with Gasteiger partial charge in [0, 0.05) is 56.0 Å². The minimum absolute atomic E-state index is 0.0338. The van der Waals surface area contributed by atoms with Gasteiger partial charge in [0.2, 0.25) is 17.7 Å². The van der Waals surface area contributed by atoms with Crippen molar-refractivity contribution in [2.24, 2.45) is 0 Å². The number of anilines is 1. The Morgan fingerprint density at radius 3 is 2.64 bits per heavy atom. The third-order valence-corrected chi connectivity index (χ3v) is 11.1.